The zero-order valence-corrected chi connectivity index (χ0v) is 18.1. The van der Waals surface area contributed by atoms with Crippen LogP contribution in [0, 0.1) is 0 Å². The van der Waals surface area contributed by atoms with Crippen molar-refractivity contribution in [2.24, 2.45) is 0 Å². The number of carbonyl (C=O) groups is 3. The quantitative estimate of drug-likeness (QED) is 0.478. The Hall–Kier alpha value is -2.66. The van der Waals surface area contributed by atoms with Gasteiger partial charge in [0.1, 0.15) is 10.8 Å². The molecule has 2 aromatic heterocycles. The second-order valence-corrected chi connectivity index (χ2v) is 8.39. The highest BCUT2D eigenvalue weighted by atomic mass is 32.2. The van der Waals surface area contributed by atoms with Gasteiger partial charge in [-0.05, 0) is 6.07 Å². The number of ether oxygens (including phenoxy) is 4. The van der Waals surface area contributed by atoms with Crippen LogP contribution in [0.3, 0.4) is 0 Å². The summed E-state index contributed by atoms with van der Waals surface area (Å²) in [6.45, 7) is 3.73. The molecule has 1 fully saturated rings. The van der Waals surface area contributed by atoms with E-state index in [9.17, 15) is 14.4 Å². The van der Waals surface area contributed by atoms with Gasteiger partial charge >= 0.3 is 17.9 Å². The normalized spacial score (nSPS) is 23.3. The topological polar surface area (TPSA) is 114 Å². The monoisotopic (exact) mass is 452 g/mol. The molecule has 0 aliphatic carbocycles. The van der Waals surface area contributed by atoms with Crippen molar-refractivity contribution in [1.29, 1.82) is 0 Å². The number of aromatic nitrogens is 2. The fourth-order valence-electron chi connectivity index (χ4n) is 2.91. The predicted octanol–water partition coefficient (Wildman–Crippen LogP) is 2.45. The van der Waals surface area contributed by atoms with Crippen LogP contribution in [0.4, 0.5) is 0 Å². The molecule has 30 heavy (non-hydrogen) atoms. The van der Waals surface area contributed by atoms with Crippen LogP contribution in [-0.4, -0.2) is 57.4 Å². The molecule has 160 valence electrons. The number of thioether (sulfide) groups is 1. The zero-order chi connectivity index (χ0) is 21.7. The Labute approximate surface area is 181 Å². The summed E-state index contributed by atoms with van der Waals surface area (Å²) >= 11 is 2.75. The molecule has 0 amide bonds. The van der Waals surface area contributed by atoms with E-state index in [1.807, 2.05) is 5.38 Å². The third-order valence-electron chi connectivity index (χ3n) is 3.95. The highest BCUT2D eigenvalue weighted by molar-refractivity contribution is 7.99. The van der Waals surface area contributed by atoms with Gasteiger partial charge in [-0.1, -0.05) is 0 Å². The first-order chi connectivity index (χ1) is 14.3. The van der Waals surface area contributed by atoms with Crippen LogP contribution < -0.4 is 4.74 Å². The number of hydrogen-bond acceptors (Lipinski definition) is 11. The van der Waals surface area contributed by atoms with E-state index in [1.165, 1.54) is 50.1 Å². The second-order valence-electron chi connectivity index (χ2n) is 6.36. The van der Waals surface area contributed by atoms with Crippen LogP contribution in [0.15, 0.2) is 30.0 Å². The van der Waals surface area contributed by atoms with E-state index < -0.39 is 41.7 Å². The van der Waals surface area contributed by atoms with E-state index >= 15 is 0 Å². The number of nitrogens with zero attached hydrogens (tertiary/aromatic N) is 2. The van der Waals surface area contributed by atoms with Crippen LogP contribution >= 0.6 is 23.1 Å². The standard InChI is InChI=1S/C19H20N2O7S2/c1-10(22)25-15-9-30-19(17(27-12(3)24)16(15)26-11(2)23)28-14-6-13(7-20-8-14)18-21-4-5-29-18/h4-8,15-17,19H,9H2,1-3H3/t15-,16+,17-,19?/m1/s1. The third kappa shape index (κ3) is 5.70. The molecule has 0 N–H and O–H groups in total. The largest absolute Gasteiger partial charge is 0.474 e. The number of pyridine rings is 1. The Morgan fingerprint density at radius 1 is 1.00 bits per heavy atom. The summed E-state index contributed by atoms with van der Waals surface area (Å²) in [5.41, 5.74) is 0.0695. The number of rotatable bonds is 6. The van der Waals surface area contributed by atoms with Crippen molar-refractivity contribution in [3.8, 4) is 16.3 Å². The van der Waals surface area contributed by atoms with Crippen molar-refractivity contribution >= 4 is 41.0 Å². The fraction of sp³-hybridized carbons (Fsp3) is 0.421. The molecule has 9 nitrogen and oxygen atoms in total. The summed E-state index contributed by atoms with van der Waals surface area (Å²) in [5.74, 6) is -0.972. The lowest BCUT2D eigenvalue weighted by molar-refractivity contribution is -0.186. The molecule has 0 saturated carbocycles. The average Bonchev–Trinajstić information content (AvgIpc) is 3.20. The van der Waals surface area contributed by atoms with Crippen molar-refractivity contribution in [2.45, 2.75) is 44.5 Å². The molecule has 1 aliphatic rings. The maximum Gasteiger partial charge on any atom is 0.303 e. The Morgan fingerprint density at radius 2 is 1.70 bits per heavy atom. The van der Waals surface area contributed by atoms with Crippen LogP contribution in [0.5, 0.6) is 5.75 Å². The van der Waals surface area contributed by atoms with Gasteiger partial charge in [0.05, 0.1) is 6.20 Å². The molecular formula is C19H20N2O7S2. The summed E-state index contributed by atoms with van der Waals surface area (Å²) in [7, 11) is 0. The molecule has 3 heterocycles. The van der Waals surface area contributed by atoms with Gasteiger partial charge in [-0.15, -0.1) is 23.1 Å². The number of thiazole rings is 1. The maximum absolute atomic E-state index is 11.7. The molecule has 0 radical (unpaired) electrons. The van der Waals surface area contributed by atoms with E-state index in [0.29, 0.717) is 11.5 Å². The molecule has 0 spiro atoms. The average molecular weight is 453 g/mol. The predicted molar refractivity (Wildman–Crippen MR) is 109 cm³/mol. The number of carbonyl (C=O) groups excluding carboxylic acids is 3. The molecule has 0 aromatic carbocycles. The lowest BCUT2D eigenvalue weighted by Gasteiger charge is -2.39. The Balaban J connectivity index is 1.85. The molecule has 2 aromatic rings. The molecule has 1 aliphatic heterocycles. The van der Waals surface area contributed by atoms with Crippen LogP contribution in [0.25, 0.3) is 10.6 Å². The van der Waals surface area contributed by atoms with Crippen LogP contribution in [-0.2, 0) is 28.6 Å². The van der Waals surface area contributed by atoms with Crippen molar-refractivity contribution in [2.75, 3.05) is 5.75 Å². The summed E-state index contributed by atoms with van der Waals surface area (Å²) in [5, 5.41) is 2.64. The second kappa shape index (κ2) is 9.90. The van der Waals surface area contributed by atoms with E-state index in [4.69, 9.17) is 18.9 Å². The smallest absolute Gasteiger partial charge is 0.303 e. The molecule has 4 atom stereocenters. The van der Waals surface area contributed by atoms with E-state index in [1.54, 1.807) is 18.5 Å². The Morgan fingerprint density at radius 3 is 2.33 bits per heavy atom. The minimum atomic E-state index is -1.00. The van der Waals surface area contributed by atoms with Gasteiger partial charge in [-0.2, -0.15) is 0 Å². The van der Waals surface area contributed by atoms with Gasteiger partial charge in [-0.3, -0.25) is 19.4 Å². The first-order valence-electron chi connectivity index (χ1n) is 8.98. The molecule has 3 rings (SSSR count). The van der Waals surface area contributed by atoms with E-state index in [-0.39, 0.29) is 0 Å². The van der Waals surface area contributed by atoms with Crippen molar-refractivity contribution in [3.05, 3.63) is 30.0 Å². The summed E-state index contributed by atoms with van der Waals surface area (Å²) < 4.78 is 22.1. The van der Waals surface area contributed by atoms with Gasteiger partial charge in [0.15, 0.2) is 23.7 Å². The van der Waals surface area contributed by atoms with Crippen LogP contribution in [0.2, 0.25) is 0 Å². The summed E-state index contributed by atoms with van der Waals surface area (Å²) in [6, 6.07) is 1.77. The first-order valence-corrected chi connectivity index (χ1v) is 10.9. The van der Waals surface area contributed by atoms with Crippen LogP contribution in [0.1, 0.15) is 20.8 Å². The van der Waals surface area contributed by atoms with Crippen molar-refractivity contribution in [3.63, 3.8) is 0 Å². The van der Waals surface area contributed by atoms with E-state index in [2.05, 4.69) is 9.97 Å². The molecular weight excluding hydrogens is 432 g/mol. The minimum Gasteiger partial charge on any atom is -0.474 e. The highest BCUT2D eigenvalue weighted by Crippen LogP contribution is 2.35. The summed E-state index contributed by atoms with van der Waals surface area (Å²) in [6.07, 6.45) is 2.12. The van der Waals surface area contributed by atoms with Gasteiger partial charge < -0.3 is 18.9 Å². The molecule has 11 heteroatoms. The van der Waals surface area contributed by atoms with Gasteiger partial charge in [0.25, 0.3) is 0 Å². The lowest BCUT2D eigenvalue weighted by atomic mass is 10.1. The van der Waals surface area contributed by atoms with Gasteiger partial charge in [0.2, 0.25) is 0 Å². The fourth-order valence-corrected chi connectivity index (χ4v) is 4.75. The minimum absolute atomic E-state index is 0.291. The van der Waals surface area contributed by atoms with Crippen molar-refractivity contribution in [1.82, 2.24) is 9.97 Å². The SMILES string of the molecule is CC(=O)O[C@H]1[C@H](OC(C)=O)CSC(Oc2cncc(-c3nccs3)c2)[C@@H]1OC(C)=O. The Bertz CT molecular complexity index is 906. The van der Waals surface area contributed by atoms with Gasteiger partial charge in [-0.25, -0.2) is 4.98 Å². The third-order valence-corrected chi connectivity index (χ3v) is 5.99. The zero-order valence-electron chi connectivity index (χ0n) is 16.5. The first kappa shape index (κ1) is 22.0. The lowest BCUT2D eigenvalue weighted by Crippen LogP contribution is -2.55. The Kier molecular flexibility index (Phi) is 7.27. The molecule has 0 bridgehead atoms. The maximum atomic E-state index is 11.7. The number of hydrogen-bond donors (Lipinski definition) is 0. The van der Waals surface area contributed by atoms with Crippen molar-refractivity contribution < 1.29 is 33.3 Å². The highest BCUT2D eigenvalue weighted by Gasteiger charge is 2.47. The molecule has 1 unspecified atom stereocenters. The molecule has 1 saturated heterocycles. The van der Waals surface area contributed by atoms with E-state index in [0.717, 1.165) is 10.6 Å². The number of esters is 3. The summed E-state index contributed by atoms with van der Waals surface area (Å²) in [4.78, 5) is 43.3. The van der Waals surface area contributed by atoms with Gasteiger partial charge in [0, 0.05) is 49.9 Å².